The fourth-order valence-corrected chi connectivity index (χ4v) is 3.72. The van der Waals surface area contributed by atoms with Crippen LogP contribution in [0.15, 0.2) is 52.4 Å². The molecule has 3 aromatic rings. The summed E-state index contributed by atoms with van der Waals surface area (Å²) in [5.74, 6) is -0.925. The summed E-state index contributed by atoms with van der Waals surface area (Å²) in [5.41, 5.74) is 1.21. The largest absolute Gasteiger partial charge is 0.465 e. The first-order chi connectivity index (χ1) is 14.4. The van der Waals surface area contributed by atoms with Crippen LogP contribution in [-0.4, -0.2) is 41.0 Å². The van der Waals surface area contributed by atoms with E-state index in [4.69, 9.17) is 21.1 Å². The number of hydrogen-bond acceptors (Lipinski definition) is 7. The van der Waals surface area contributed by atoms with Crippen LogP contribution in [0.1, 0.15) is 22.8 Å². The van der Waals surface area contributed by atoms with E-state index in [1.807, 2.05) is 12.1 Å². The zero-order valence-electron chi connectivity index (χ0n) is 16.4. The summed E-state index contributed by atoms with van der Waals surface area (Å²) >= 11 is 7.05. The summed E-state index contributed by atoms with van der Waals surface area (Å²) in [5, 5.41) is 1.30. The van der Waals surface area contributed by atoms with Gasteiger partial charge >= 0.3 is 11.9 Å². The van der Waals surface area contributed by atoms with E-state index >= 15 is 0 Å². The van der Waals surface area contributed by atoms with Gasteiger partial charge in [0.2, 0.25) is 0 Å². The number of ether oxygens (including phenoxy) is 2. The second-order valence-electron chi connectivity index (χ2n) is 6.23. The molecule has 2 aromatic carbocycles. The van der Waals surface area contributed by atoms with Crippen molar-refractivity contribution in [2.75, 3.05) is 19.5 Å². The van der Waals surface area contributed by atoms with Crippen LogP contribution in [0.2, 0.25) is 5.02 Å². The number of methoxy groups -OCH3 is 1. The molecule has 0 spiro atoms. The van der Waals surface area contributed by atoms with Crippen molar-refractivity contribution in [1.82, 2.24) is 9.55 Å². The summed E-state index contributed by atoms with van der Waals surface area (Å²) in [6, 6.07) is 11.7. The standard InChI is InChI=1S/C21H19ClN2O5S/c1-3-29-18(25)12-30-21-23-17-10-14(20(27)28-2)6-9-16(17)19(26)24(21)11-13-4-7-15(22)8-5-13/h4-10H,3,11-12H2,1-2H3. The van der Waals surface area contributed by atoms with E-state index in [0.29, 0.717) is 21.1 Å². The Balaban J connectivity index is 2.07. The van der Waals surface area contributed by atoms with Crippen LogP contribution in [0.3, 0.4) is 0 Å². The third-order valence-electron chi connectivity index (χ3n) is 4.22. The molecule has 0 unspecified atom stereocenters. The van der Waals surface area contributed by atoms with Gasteiger partial charge in [-0.25, -0.2) is 9.78 Å². The minimum atomic E-state index is -0.523. The number of rotatable bonds is 7. The van der Waals surface area contributed by atoms with Crippen LogP contribution in [0.5, 0.6) is 0 Å². The number of benzene rings is 2. The molecular weight excluding hydrogens is 428 g/mol. The quantitative estimate of drug-likeness (QED) is 0.311. The molecule has 1 aromatic heterocycles. The van der Waals surface area contributed by atoms with Crippen LogP contribution >= 0.6 is 23.4 Å². The van der Waals surface area contributed by atoms with Gasteiger partial charge in [-0.3, -0.25) is 14.2 Å². The first-order valence-corrected chi connectivity index (χ1v) is 10.4. The molecule has 0 fully saturated rings. The van der Waals surface area contributed by atoms with Gasteiger partial charge in [-0.2, -0.15) is 0 Å². The van der Waals surface area contributed by atoms with Crippen molar-refractivity contribution in [1.29, 1.82) is 0 Å². The summed E-state index contributed by atoms with van der Waals surface area (Å²) in [4.78, 5) is 41.4. The first kappa shape index (κ1) is 21.9. The molecule has 30 heavy (non-hydrogen) atoms. The smallest absolute Gasteiger partial charge is 0.337 e. The lowest BCUT2D eigenvalue weighted by Gasteiger charge is -2.13. The Morgan fingerprint density at radius 2 is 1.90 bits per heavy atom. The zero-order chi connectivity index (χ0) is 21.7. The lowest BCUT2D eigenvalue weighted by Crippen LogP contribution is -2.24. The average Bonchev–Trinajstić information content (AvgIpc) is 2.75. The van der Waals surface area contributed by atoms with Crippen LogP contribution in [0, 0.1) is 0 Å². The fourth-order valence-electron chi connectivity index (χ4n) is 2.79. The molecule has 0 N–H and O–H groups in total. The Kier molecular flexibility index (Phi) is 7.12. The van der Waals surface area contributed by atoms with Gasteiger partial charge < -0.3 is 9.47 Å². The van der Waals surface area contributed by atoms with Crippen molar-refractivity contribution in [3.8, 4) is 0 Å². The van der Waals surface area contributed by atoms with Crippen LogP contribution in [-0.2, 0) is 20.8 Å². The minimum absolute atomic E-state index is 0.00307. The van der Waals surface area contributed by atoms with E-state index in [9.17, 15) is 14.4 Å². The van der Waals surface area contributed by atoms with Gasteiger partial charge in [0.15, 0.2) is 5.16 Å². The average molecular weight is 447 g/mol. The molecule has 9 heteroatoms. The van der Waals surface area contributed by atoms with Gasteiger partial charge in [-0.15, -0.1) is 0 Å². The number of esters is 2. The van der Waals surface area contributed by atoms with Gasteiger partial charge in [0.25, 0.3) is 5.56 Å². The van der Waals surface area contributed by atoms with Crippen LogP contribution < -0.4 is 5.56 Å². The van der Waals surface area contributed by atoms with Crippen LogP contribution in [0.25, 0.3) is 10.9 Å². The third kappa shape index (κ3) is 5.01. The lowest BCUT2D eigenvalue weighted by atomic mass is 10.1. The second-order valence-corrected chi connectivity index (χ2v) is 7.61. The van der Waals surface area contributed by atoms with Crippen molar-refractivity contribution in [3.63, 3.8) is 0 Å². The maximum Gasteiger partial charge on any atom is 0.337 e. The Bertz CT molecular complexity index is 1140. The normalized spacial score (nSPS) is 10.8. The van der Waals surface area contributed by atoms with E-state index in [-0.39, 0.29) is 30.0 Å². The van der Waals surface area contributed by atoms with Crippen LogP contribution in [0.4, 0.5) is 0 Å². The molecule has 0 amide bonds. The molecule has 0 aliphatic carbocycles. The van der Waals surface area contributed by atoms with Crippen molar-refractivity contribution in [2.45, 2.75) is 18.6 Å². The predicted octanol–water partition coefficient (Wildman–Crippen LogP) is 3.54. The molecule has 7 nitrogen and oxygen atoms in total. The van der Waals surface area contributed by atoms with E-state index in [1.165, 1.54) is 23.8 Å². The number of nitrogens with zero attached hydrogens (tertiary/aromatic N) is 2. The number of carbonyl (C=O) groups is 2. The topological polar surface area (TPSA) is 87.5 Å². The number of halogens is 1. The lowest BCUT2D eigenvalue weighted by molar-refractivity contribution is -0.139. The molecular formula is C21H19ClN2O5S. The van der Waals surface area contributed by atoms with Gasteiger partial charge in [-0.1, -0.05) is 35.5 Å². The Morgan fingerprint density at radius 3 is 2.57 bits per heavy atom. The number of thioether (sulfide) groups is 1. The molecule has 3 rings (SSSR count). The summed E-state index contributed by atoms with van der Waals surface area (Å²) in [6.07, 6.45) is 0. The van der Waals surface area contributed by atoms with Gasteiger partial charge in [-0.05, 0) is 42.8 Å². The maximum atomic E-state index is 13.2. The zero-order valence-corrected chi connectivity index (χ0v) is 18.0. The number of aromatic nitrogens is 2. The Labute approximate surface area is 182 Å². The van der Waals surface area contributed by atoms with E-state index in [2.05, 4.69) is 4.98 Å². The molecule has 156 valence electrons. The highest BCUT2D eigenvalue weighted by Gasteiger charge is 2.16. The first-order valence-electron chi connectivity index (χ1n) is 9.08. The van der Waals surface area contributed by atoms with Crippen molar-refractivity contribution in [2.24, 2.45) is 0 Å². The summed E-state index contributed by atoms with van der Waals surface area (Å²) in [6.45, 7) is 2.25. The number of carbonyl (C=O) groups excluding carboxylic acids is 2. The minimum Gasteiger partial charge on any atom is -0.465 e. The molecule has 1 heterocycles. The highest BCUT2D eigenvalue weighted by atomic mass is 35.5. The third-order valence-corrected chi connectivity index (χ3v) is 5.42. The Morgan fingerprint density at radius 1 is 1.17 bits per heavy atom. The molecule has 0 aliphatic heterocycles. The molecule has 0 aliphatic rings. The molecule has 0 radical (unpaired) electrons. The highest BCUT2D eigenvalue weighted by Crippen LogP contribution is 2.21. The van der Waals surface area contributed by atoms with E-state index in [1.54, 1.807) is 25.1 Å². The maximum absolute atomic E-state index is 13.2. The Hall–Kier alpha value is -2.84. The second kappa shape index (κ2) is 9.77. The van der Waals surface area contributed by atoms with Crippen molar-refractivity contribution < 1.29 is 19.1 Å². The molecule has 0 saturated heterocycles. The van der Waals surface area contributed by atoms with Gasteiger partial charge in [0.1, 0.15) is 0 Å². The molecule has 0 atom stereocenters. The molecule has 0 saturated carbocycles. The monoisotopic (exact) mass is 446 g/mol. The SMILES string of the molecule is CCOC(=O)CSc1nc2cc(C(=O)OC)ccc2c(=O)n1Cc1ccc(Cl)cc1. The van der Waals surface area contributed by atoms with E-state index in [0.717, 1.165) is 17.3 Å². The van der Waals surface area contributed by atoms with Gasteiger partial charge in [0.05, 0.1) is 42.5 Å². The van der Waals surface area contributed by atoms with E-state index < -0.39 is 11.9 Å². The van der Waals surface area contributed by atoms with Crippen molar-refractivity contribution >= 4 is 46.2 Å². The molecule has 0 bridgehead atoms. The predicted molar refractivity (Wildman–Crippen MR) is 115 cm³/mol. The highest BCUT2D eigenvalue weighted by molar-refractivity contribution is 7.99. The summed E-state index contributed by atoms with van der Waals surface area (Å²) in [7, 11) is 1.28. The summed E-state index contributed by atoms with van der Waals surface area (Å²) < 4.78 is 11.2. The fraction of sp³-hybridized carbons (Fsp3) is 0.238. The van der Waals surface area contributed by atoms with Gasteiger partial charge in [0, 0.05) is 5.02 Å². The van der Waals surface area contributed by atoms with Crippen molar-refractivity contribution in [3.05, 3.63) is 69.0 Å². The number of hydrogen-bond donors (Lipinski definition) is 0. The number of fused-ring (bicyclic) bond motifs is 1.